The largest absolute Gasteiger partial charge is 0.542 e. The molecule has 0 aromatic heterocycles. The van der Waals surface area contributed by atoms with Crippen molar-refractivity contribution < 1.29 is 28.3 Å². The number of hydrogen-bond donors (Lipinski definition) is 0. The summed E-state index contributed by atoms with van der Waals surface area (Å²) in [4.78, 5) is 53.9. The fourth-order valence-electron chi connectivity index (χ4n) is 5.77. The minimum absolute atomic E-state index is 0.0246. The second kappa shape index (κ2) is 9.99. The van der Waals surface area contributed by atoms with Gasteiger partial charge in [-0.15, -0.1) is 0 Å². The SMILES string of the molecule is CC(C)[Si](Oc1cccc2c1CN([C@H]1CCC(=O)N(C(=O)OC(C)(C)C)C1=O)C2=O)(C(C)C)C(C)C. The van der Waals surface area contributed by atoms with Crippen LogP contribution in [0.25, 0.3) is 0 Å². The van der Waals surface area contributed by atoms with Crippen LogP contribution in [0.1, 0.15) is 91.1 Å². The highest BCUT2D eigenvalue weighted by atomic mass is 28.4. The van der Waals surface area contributed by atoms with Gasteiger partial charge >= 0.3 is 6.09 Å². The summed E-state index contributed by atoms with van der Waals surface area (Å²) >= 11 is 0. The van der Waals surface area contributed by atoms with Crippen molar-refractivity contribution >= 4 is 32.1 Å². The van der Waals surface area contributed by atoms with Crippen LogP contribution in [0.4, 0.5) is 4.79 Å². The molecule has 198 valence electrons. The van der Waals surface area contributed by atoms with Gasteiger partial charge in [0.05, 0.1) is 6.54 Å². The van der Waals surface area contributed by atoms with E-state index in [4.69, 9.17) is 9.16 Å². The third-order valence-electron chi connectivity index (χ3n) is 7.29. The molecule has 9 heteroatoms. The van der Waals surface area contributed by atoms with Gasteiger partial charge in [0.15, 0.2) is 0 Å². The lowest BCUT2D eigenvalue weighted by molar-refractivity contribution is -0.150. The van der Waals surface area contributed by atoms with Crippen molar-refractivity contribution in [3.8, 4) is 5.75 Å². The summed E-state index contributed by atoms with van der Waals surface area (Å²) in [5.41, 5.74) is 1.46. The van der Waals surface area contributed by atoms with Gasteiger partial charge in [0.2, 0.25) is 5.91 Å². The quantitative estimate of drug-likeness (QED) is 0.358. The molecule has 0 aliphatic carbocycles. The van der Waals surface area contributed by atoms with Crippen molar-refractivity contribution in [1.82, 2.24) is 9.80 Å². The van der Waals surface area contributed by atoms with E-state index >= 15 is 0 Å². The Balaban J connectivity index is 1.93. The first-order valence-electron chi connectivity index (χ1n) is 12.8. The highest BCUT2D eigenvalue weighted by Crippen LogP contribution is 2.45. The van der Waals surface area contributed by atoms with Crippen LogP contribution < -0.4 is 4.43 Å². The predicted molar refractivity (Wildman–Crippen MR) is 139 cm³/mol. The standard InChI is InChI=1S/C27H40N2O6Si/c1-16(2)36(17(3)4,18(5)6)35-22-12-10-11-19-20(22)15-28(24(19)31)21-13-14-23(30)29(25(21)32)26(33)34-27(7,8)9/h10-12,16-18,21H,13-15H2,1-9H3/t21-/m0/s1. The van der Waals surface area contributed by atoms with Gasteiger partial charge in [-0.3, -0.25) is 14.4 Å². The number of benzene rings is 1. The summed E-state index contributed by atoms with van der Waals surface area (Å²) in [5, 5.41) is 0. The Morgan fingerprint density at radius 2 is 1.58 bits per heavy atom. The lowest BCUT2D eigenvalue weighted by Gasteiger charge is -2.42. The molecular weight excluding hydrogens is 476 g/mol. The normalized spacial score (nSPS) is 19.0. The molecule has 0 N–H and O–H groups in total. The highest BCUT2D eigenvalue weighted by Gasteiger charge is 2.49. The summed E-state index contributed by atoms with van der Waals surface area (Å²) in [6, 6.07) is 4.54. The van der Waals surface area contributed by atoms with Crippen molar-refractivity contribution in [2.45, 2.75) is 110 Å². The Hall–Kier alpha value is -2.68. The molecule has 2 heterocycles. The molecule has 1 aromatic carbocycles. The zero-order valence-corrected chi connectivity index (χ0v) is 24.0. The van der Waals surface area contributed by atoms with Crippen LogP contribution in [0.3, 0.4) is 0 Å². The number of likely N-dealkylation sites (tertiary alicyclic amines) is 1. The van der Waals surface area contributed by atoms with E-state index in [2.05, 4.69) is 41.5 Å². The monoisotopic (exact) mass is 516 g/mol. The lowest BCUT2D eigenvalue weighted by atomic mass is 10.0. The maximum Gasteiger partial charge on any atom is 0.424 e. The zero-order chi connectivity index (χ0) is 27.2. The minimum Gasteiger partial charge on any atom is -0.542 e. The number of nitrogens with zero attached hydrogens (tertiary/aromatic N) is 2. The maximum atomic E-state index is 13.5. The van der Waals surface area contributed by atoms with Gasteiger partial charge < -0.3 is 14.1 Å². The smallest absolute Gasteiger partial charge is 0.424 e. The van der Waals surface area contributed by atoms with E-state index in [9.17, 15) is 19.2 Å². The van der Waals surface area contributed by atoms with Gasteiger partial charge in [-0.1, -0.05) is 47.6 Å². The number of hydrogen-bond acceptors (Lipinski definition) is 6. The molecule has 1 fully saturated rings. The zero-order valence-electron chi connectivity index (χ0n) is 23.0. The summed E-state index contributed by atoms with van der Waals surface area (Å²) in [5.74, 6) is -0.938. The number of ether oxygens (including phenoxy) is 1. The Morgan fingerprint density at radius 1 is 1.00 bits per heavy atom. The van der Waals surface area contributed by atoms with Crippen molar-refractivity contribution in [2.75, 3.05) is 0 Å². The van der Waals surface area contributed by atoms with E-state index in [1.165, 1.54) is 4.90 Å². The van der Waals surface area contributed by atoms with Crippen LogP contribution >= 0.6 is 0 Å². The molecule has 8 nitrogen and oxygen atoms in total. The fraction of sp³-hybridized carbons (Fsp3) is 0.630. The molecule has 0 radical (unpaired) electrons. The second-order valence-corrected chi connectivity index (χ2v) is 17.1. The van der Waals surface area contributed by atoms with Crippen LogP contribution in [-0.2, 0) is 20.9 Å². The van der Waals surface area contributed by atoms with Gasteiger partial charge in [-0.25, -0.2) is 4.79 Å². The molecule has 0 unspecified atom stereocenters. The third kappa shape index (κ3) is 4.94. The molecule has 1 saturated heterocycles. The van der Waals surface area contributed by atoms with Crippen molar-refractivity contribution in [3.63, 3.8) is 0 Å². The van der Waals surface area contributed by atoms with E-state index in [1.54, 1.807) is 26.8 Å². The predicted octanol–water partition coefficient (Wildman–Crippen LogP) is 5.65. The molecule has 4 amide bonds. The molecule has 1 atom stereocenters. The van der Waals surface area contributed by atoms with E-state index < -0.39 is 37.9 Å². The molecule has 0 bridgehead atoms. The molecule has 0 spiro atoms. The summed E-state index contributed by atoms with van der Waals surface area (Å²) in [6.07, 6.45) is -0.865. The van der Waals surface area contributed by atoms with Crippen LogP contribution in [0.15, 0.2) is 18.2 Å². The first-order chi connectivity index (χ1) is 16.6. The molecule has 0 saturated carbocycles. The average Bonchev–Trinajstić information content (AvgIpc) is 3.07. The van der Waals surface area contributed by atoms with Gasteiger partial charge in [0, 0.05) is 17.5 Å². The molecule has 2 aliphatic rings. The molecule has 1 aromatic rings. The topological polar surface area (TPSA) is 93.2 Å². The van der Waals surface area contributed by atoms with Gasteiger partial charge in [-0.05, 0) is 55.9 Å². The number of imide groups is 3. The number of carbonyl (C=O) groups excluding carboxylic acids is 4. The third-order valence-corrected chi connectivity index (χ3v) is 13.3. The Labute approximate surface area is 215 Å². The maximum absolute atomic E-state index is 13.5. The van der Waals surface area contributed by atoms with Crippen molar-refractivity contribution in [2.24, 2.45) is 0 Å². The minimum atomic E-state index is -2.28. The molecule has 3 rings (SSSR count). The van der Waals surface area contributed by atoms with Gasteiger partial charge in [0.25, 0.3) is 20.1 Å². The number of amides is 4. The van der Waals surface area contributed by atoms with Gasteiger partial charge in [0.1, 0.15) is 17.4 Å². The fourth-order valence-corrected chi connectivity index (χ4v) is 11.1. The van der Waals surface area contributed by atoms with Crippen LogP contribution in [0.5, 0.6) is 5.75 Å². The summed E-state index contributed by atoms with van der Waals surface area (Å²) in [6.45, 7) is 18.4. The van der Waals surface area contributed by atoms with E-state index in [0.29, 0.717) is 32.8 Å². The summed E-state index contributed by atoms with van der Waals surface area (Å²) in [7, 11) is -2.28. The second-order valence-electron chi connectivity index (χ2n) is 11.7. The van der Waals surface area contributed by atoms with Crippen molar-refractivity contribution in [3.05, 3.63) is 29.3 Å². The van der Waals surface area contributed by atoms with Gasteiger partial charge in [-0.2, -0.15) is 4.90 Å². The molecule has 2 aliphatic heterocycles. The Bertz CT molecular complexity index is 1040. The molecular formula is C27H40N2O6Si. The Kier molecular flexibility index (Phi) is 7.74. The number of rotatable bonds is 6. The lowest BCUT2D eigenvalue weighted by Crippen LogP contribution is -2.57. The Morgan fingerprint density at radius 3 is 2.11 bits per heavy atom. The highest BCUT2D eigenvalue weighted by molar-refractivity contribution is 6.78. The van der Waals surface area contributed by atoms with E-state index in [1.807, 2.05) is 12.1 Å². The average molecular weight is 517 g/mol. The van der Waals surface area contributed by atoms with E-state index in [-0.39, 0.29) is 25.3 Å². The first-order valence-corrected chi connectivity index (χ1v) is 15.0. The number of piperidine rings is 1. The van der Waals surface area contributed by atoms with E-state index in [0.717, 1.165) is 5.56 Å². The molecule has 36 heavy (non-hydrogen) atoms. The van der Waals surface area contributed by atoms with Crippen LogP contribution in [-0.4, -0.2) is 53.6 Å². The van der Waals surface area contributed by atoms with Crippen molar-refractivity contribution in [1.29, 1.82) is 0 Å². The number of carbonyl (C=O) groups is 4. The van der Waals surface area contributed by atoms with Crippen LogP contribution in [0, 0.1) is 0 Å². The summed E-state index contributed by atoms with van der Waals surface area (Å²) < 4.78 is 12.2. The number of fused-ring (bicyclic) bond motifs is 1. The van der Waals surface area contributed by atoms with Crippen LogP contribution in [0.2, 0.25) is 16.6 Å². The first kappa shape index (κ1) is 27.9.